The van der Waals surface area contributed by atoms with E-state index in [1.807, 2.05) is 50.3 Å². The molecule has 0 saturated heterocycles. The maximum Gasteiger partial charge on any atom is 0.317 e. The Morgan fingerprint density at radius 1 is 1.22 bits per heavy atom. The summed E-state index contributed by atoms with van der Waals surface area (Å²) in [6.07, 6.45) is 3.39. The van der Waals surface area contributed by atoms with E-state index in [-0.39, 0.29) is 11.9 Å². The minimum Gasteiger partial charge on any atom is -0.334 e. The highest BCUT2D eigenvalue weighted by molar-refractivity contribution is 5.92. The molecule has 0 bridgehead atoms. The van der Waals surface area contributed by atoms with Crippen molar-refractivity contribution in [2.75, 3.05) is 33.0 Å². The van der Waals surface area contributed by atoms with Crippen molar-refractivity contribution in [1.29, 1.82) is 0 Å². The lowest BCUT2D eigenvalue weighted by Crippen LogP contribution is -2.46. The molecule has 1 aromatic carbocycles. The summed E-state index contributed by atoms with van der Waals surface area (Å²) in [7, 11) is 5.55. The van der Waals surface area contributed by atoms with Crippen molar-refractivity contribution < 1.29 is 9.59 Å². The molecule has 1 aliphatic rings. The van der Waals surface area contributed by atoms with E-state index in [9.17, 15) is 9.59 Å². The van der Waals surface area contributed by atoms with Crippen LogP contribution < -0.4 is 10.6 Å². The summed E-state index contributed by atoms with van der Waals surface area (Å²) >= 11 is 0. The van der Waals surface area contributed by atoms with Crippen molar-refractivity contribution in [3.63, 3.8) is 0 Å². The fourth-order valence-electron chi connectivity index (χ4n) is 2.49. The number of rotatable bonds is 6. The average Bonchev–Trinajstić information content (AvgIpc) is 2.42. The van der Waals surface area contributed by atoms with Gasteiger partial charge in [-0.1, -0.05) is 12.1 Å². The Labute approximate surface area is 137 Å². The minimum absolute atomic E-state index is 0.0447. The van der Waals surface area contributed by atoms with Crippen LogP contribution in [0.3, 0.4) is 0 Å². The predicted molar refractivity (Wildman–Crippen MR) is 91.3 cm³/mol. The fourth-order valence-corrected chi connectivity index (χ4v) is 2.49. The molecule has 0 aromatic heterocycles. The highest BCUT2D eigenvalue weighted by atomic mass is 16.2. The number of benzene rings is 1. The molecule has 1 aromatic rings. The molecule has 126 valence electrons. The Bertz CT molecular complexity index is 555. The second kappa shape index (κ2) is 7.97. The highest BCUT2D eigenvalue weighted by Gasteiger charge is 2.25. The molecule has 2 N–H and O–H groups in total. The van der Waals surface area contributed by atoms with E-state index in [0.29, 0.717) is 19.1 Å². The third kappa shape index (κ3) is 5.25. The van der Waals surface area contributed by atoms with Crippen molar-refractivity contribution in [3.05, 3.63) is 29.8 Å². The first-order valence-electron chi connectivity index (χ1n) is 8.00. The van der Waals surface area contributed by atoms with Gasteiger partial charge in [0.1, 0.15) is 0 Å². The Hall–Kier alpha value is -2.08. The number of nitrogens with one attached hydrogen (secondary N) is 2. The van der Waals surface area contributed by atoms with E-state index in [0.717, 1.165) is 24.1 Å². The summed E-state index contributed by atoms with van der Waals surface area (Å²) in [6, 6.07) is 7.88. The lowest BCUT2D eigenvalue weighted by atomic mass is 9.92. The maximum absolute atomic E-state index is 12.1. The number of carbonyl (C=O) groups is 2. The number of urea groups is 1. The van der Waals surface area contributed by atoms with E-state index < -0.39 is 0 Å². The van der Waals surface area contributed by atoms with E-state index in [2.05, 4.69) is 10.6 Å². The topological polar surface area (TPSA) is 64.7 Å². The molecule has 1 fully saturated rings. The number of amides is 3. The Morgan fingerprint density at radius 3 is 2.57 bits per heavy atom. The van der Waals surface area contributed by atoms with Gasteiger partial charge in [0.15, 0.2) is 0 Å². The molecule has 6 nitrogen and oxygen atoms in total. The second-order valence-electron chi connectivity index (χ2n) is 6.34. The van der Waals surface area contributed by atoms with Crippen LogP contribution in [0.2, 0.25) is 0 Å². The Morgan fingerprint density at radius 2 is 1.96 bits per heavy atom. The smallest absolute Gasteiger partial charge is 0.317 e. The van der Waals surface area contributed by atoms with Gasteiger partial charge in [-0.2, -0.15) is 0 Å². The summed E-state index contributed by atoms with van der Waals surface area (Å²) < 4.78 is 0. The molecule has 0 aliphatic heterocycles. The summed E-state index contributed by atoms with van der Waals surface area (Å²) in [6.45, 7) is 0.792. The molecule has 0 spiro atoms. The molecule has 0 unspecified atom stereocenters. The van der Waals surface area contributed by atoms with Crippen LogP contribution in [-0.2, 0) is 11.3 Å². The Balaban J connectivity index is 1.84. The summed E-state index contributed by atoms with van der Waals surface area (Å²) in [5.41, 5.74) is 1.71. The molecule has 0 radical (unpaired) electrons. The number of anilines is 1. The summed E-state index contributed by atoms with van der Waals surface area (Å²) in [4.78, 5) is 27.4. The lowest BCUT2D eigenvalue weighted by molar-refractivity contribution is -0.116. The zero-order valence-electron chi connectivity index (χ0n) is 14.1. The SMILES string of the molecule is CN(C)CC(=O)Nc1cccc(CNC(=O)N(C)C2CCC2)c1. The number of likely N-dealkylation sites (N-methyl/N-ethyl adjacent to an activating group) is 1. The lowest BCUT2D eigenvalue weighted by Gasteiger charge is -2.34. The molecule has 0 atom stereocenters. The third-order valence-electron chi connectivity index (χ3n) is 4.06. The van der Waals surface area contributed by atoms with Gasteiger partial charge in [0.25, 0.3) is 0 Å². The molecule has 1 saturated carbocycles. The molecule has 2 rings (SSSR count). The number of hydrogen-bond acceptors (Lipinski definition) is 3. The summed E-state index contributed by atoms with van der Waals surface area (Å²) in [5, 5.41) is 5.78. The summed E-state index contributed by atoms with van der Waals surface area (Å²) in [5.74, 6) is -0.0547. The van der Waals surface area contributed by atoms with Crippen molar-refractivity contribution in [2.24, 2.45) is 0 Å². The second-order valence-corrected chi connectivity index (χ2v) is 6.34. The van der Waals surface area contributed by atoms with Crippen LogP contribution in [0.25, 0.3) is 0 Å². The van der Waals surface area contributed by atoms with E-state index in [1.54, 1.807) is 4.90 Å². The van der Waals surface area contributed by atoms with Gasteiger partial charge in [0.2, 0.25) is 5.91 Å². The van der Waals surface area contributed by atoms with Crippen LogP contribution in [0, 0.1) is 0 Å². The van der Waals surface area contributed by atoms with Crippen LogP contribution in [0.15, 0.2) is 24.3 Å². The molecular weight excluding hydrogens is 292 g/mol. The minimum atomic E-state index is -0.0547. The maximum atomic E-state index is 12.1. The standard InChI is InChI=1S/C17H26N4O2/c1-20(2)12-16(22)19-14-7-4-6-13(10-14)11-18-17(23)21(3)15-8-5-9-15/h4,6-7,10,15H,5,8-9,11-12H2,1-3H3,(H,18,23)(H,19,22). The first kappa shape index (κ1) is 17.3. The van der Waals surface area contributed by atoms with Gasteiger partial charge >= 0.3 is 6.03 Å². The molecule has 0 heterocycles. The predicted octanol–water partition coefficient (Wildman–Crippen LogP) is 1.88. The Kier molecular flexibility index (Phi) is 5.98. The van der Waals surface area contributed by atoms with Gasteiger partial charge in [0.05, 0.1) is 6.54 Å². The first-order valence-corrected chi connectivity index (χ1v) is 8.00. The largest absolute Gasteiger partial charge is 0.334 e. The monoisotopic (exact) mass is 318 g/mol. The van der Waals surface area contributed by atoms with Crippen LogP contribution in [0.1, 0.15) is 24.8 Å². The van der Waals surface area contributed by atoms with Crippen LogP contribution in [0.4, 0.5) is 10.5 Å². The zero-order chi connectivity index (χ0) is 16.8. The van der Waals surface area contributed by atoms with Crippen LogP contribution in [-0.4, -0.2) is 55.5 Å². The zero-order valence-corrected chi connectivity index (χ0v) is 14.1. The van der Waals surface area contributed by atoms with Crippen molar-refractivity contribution >= 4 is 17.6 Å². The van der Waals surface area contributed by atoms with E-state index >= 15 is 0 Å². The van der Waals surface area contributed by atoms with Crippen molar-refractivity contribution in [3.8, 4) is 0 Å². The van der Waals surface area contributed by atoms with Crippen molar-refractivity contribution in [1.82, 2.24) is 15.1 Å². The quantitative estimate of drug-likeness (QED) is 0.842. The molecular formula is C17H26N4O2. The van der Waals surface area contributed by atoms with Gasteiger partial charge in [0, 0.05) is 25.3 Å². The van der Waals surface area contributed by atoms with Crippen LogP contribution >= 0.6 is 0 Å². The highest BCUT2D eigenvalue weighted by Crippen LogP contribution is 2.23. The first-order chi connectivity index (χ1) is 11.0. The molecule has 1 aliphatic carbocycles. The van der Waals surface area contributed by atoms with E-state index in [1.165, 1.54) is 6.42 Å². The van der Waals surface area contributed by atoms with Gasteiger partial charge in [-0.3, -0.25) is 4.79 Å². The van der Waals surface area contributed by atoms with Crippen molar-refractivity contribution in [2.45, 2.75) is 31.8 Å². The number of carbonyl (C=O) groups excluding carboxylic acids is 2. The molecule has 23 heavy (non-hydrogen) atoms. The van der Waals surface area contributed by atoms with Gasteiger partial charge in [-0.05, 0) is 51.1 Å². The number of nitrogens with zero attached hydrogens (tertiary/aromatic N) is 2. The number of hydrogen-bond donors (Lipinski definition) is 2. The van der Waals surface area contributed by atoms with Gasteiger partial charge in [-0.25, -0.2) is 4.79 Å². The van der Waals surface area contributed by atoms with E-state index in [4.69, 9.17) is 0 Å². The third-order valence-corrected chi connectivity index (χ3v) is 4.06. The molecule has 6 heteroatoms. The van der Waals surface area contributed by atoms with Crippen LogP contribution in [0.5, 0.6) is 0 Å². The normalized spacial score (nSPS) is 14.3. The fraction of sp³-hybridized carbons (Fsp3) is 0.529. The molecule has 3 amide bonds. The van der Waals surface area contributed by atoms with Gasteiger partial charge < -0.3 is 20.4 Å². The average molecular weight is 318 g/mol. The van der Waals surface area contributed by atoms with Gasteiger partial charge in [-0.15, -0.1) is 0 Å².